The number of fused-ring (bicyclic) bond motifs is 1. The predicted molar refractivity (Wildman–Crippen MR) is 44.7 cm³/mol. The van der Waals surface area contributed by atoms with Crippen molar-refractivity contribution in [3.05, 3.63) is 29.8 Å². The number of aryl methyl sites for hydroxylation is 1. The van der Waals surface area contributed by atoms with Crippen LogP contribution in [0.5, 0.6) is 0 Å². The SMILES string of the molecule is Cc1cc2occc2c(CO)n1. The van der Waals surface area contributed by atoms with Gasteiger partial charge in [-0.1, -0.05) is 0 Å². The van der Waals surface area contributed by atoms with Crippen LogP contribution in [0.1, 0.15) is 11.4 Å². The van der Waals surface area contributed by atoms with E-state index in [4.69, 9.17) is 9.52 Å². The first kappa shape index (κ1) is 7.31. The molecule has 12 heavy (non-hydrogen) atoms. The zero-order valence-corrected chi connectivity index (χ0v) is 6.74. The van der Waals surface area contributed by atoms with E-state index < -0.39 is 0 Å². The van der Waals surface area contributed by atoms with Crippen molar-refractivity contribution < 1.29 is 9.52 Å². The van der Waals surface area contributed by atoms with E-state index >= 15 is 0 Å². The maximum atomic E-state index is 8.97. The van der Waals surface area contributed by atoms with Gasteiger partial charge in [0.05, 0.1) is 18.6 Å². The lowest BCUT2D eigenvalue weighted by molar-refractivity contribution is 0.278. The molecule has 0 fully saturated rings. The van der Waals surface area contributed by atoms with E-state index in [2.05, 4.69) is 4.98 Å². The lowest BCUT2D eigenvalue weighted by Crippen LogP contribution is -1.91. The van der Waals surface area contributed by atoms with E-state index in [1.54, 1.807) is 6.26 Å². The van der Waals surface area contributed by atoms with Gasteiger partial charge in [0, 0.05) is 17.1 Å². The second-order valence-corrected chi connectivity index (χ2v) is 2.70. The molecule has 0 unspecified atom stereocenters. The summed E-state index contributed by atoms with van der Waals surface area (Å²) >= 11 is 0. The highest BCUT2D eigenvalue weighted by molar-refractivity contribution is 5.79. The summed E-state index contributed by atoms with van der Waals surface area (Å²) in [5.74, 6) is 0. The summed E-state index contributed by atoms with van der Waals surface area (Å²) in [5, 5.41) is 9.87. The Balaban J connectivity index is 2.80. The number of nitrogens with zero attached hydrogens (tertiary/aromatic N) is 1. The summed E-state index contributed by atoms with van der Waals surface area (Å²) < 4.78 is 5.19. The average Bonchev–Trinajstić information content (AvgIpc) is 2.50. The van der Waals surface area contributed by atoms with E-state index in [9.17, 15) is 0 Å². The molecule has 2 aromatic heterocycles. The Morgan fingerprint density at radius 3 is 3.17 bits per heavy atom. The minimum Gasteiger partial charge on any atom is -0.464 e. The number of pyridine rings is 1. The molecular formula is C9H9NO2. The van der Waals surface area contributed by atoms with Crippen LogP contribution in [0.15, 0.2) is 22.8 Å². The van der Waals surface area contributed by atoms with E-state index in [1.165, 1.54) is 0 Å². The summed E-state index contributed by atoms with van der Waals surface area (Å²) in [6.45, 7) is 1.83. The highest BCUT2D eigenvalue weighted by Crippen LogP contribution is 2.19. The van der Waals surface area contributed by atoms with Gasteiger partial charge in [-0.05, 0) is 13.0 Å². The molecule has 0 spiro atoms. The van der Waals surface area contributed by atoms with Gasteiger partial charge in [0.15, 0.2) is 0 Å². The van der Waals surface area contributed by atoms with Crippen LogP contribution in [0.4, 0.5) is 0 Å². The summed E-state index contributed by atoms with van der Waals surface area (Å²) in [6.07, 6.45) is 1.60. The molecule has 3 heteroatoms. The van der Waals surface area contributed by atoms with E-state index in [0.717, 1.165) is 16.7 Å². The van der Waals surface area contributed by atoms with Crippen LogP contribution < -0.4 is 0 Å². The van der Waals surface area contributed by atoms with Crippen LogP contribution in [0.25, 0.3) is 11.0 Å². The van der Waals surface area contributed by atoms with Crippen molar-refractivity contribution in [1.29, 1.82) is 0 Å². The molecular weight excluding hydrogens is 154 g/mol. The van der Waals surface area contributed by atoms with Crippen molar-refractivity contribution in [2.45, 2.75) is 13.5 Å². The van der Waals surface area contributed by atoms with Gasteiger partial charge >= 0.3 is 0 Å². The fraction of sp³-hybridized carbons (Fsp3) is 0.222. The summed E-state index contributed by atoms with van der Waals surface area (Å²) in [7, 11) is 0. The number of aromatic nitrogens is 1. The quantitative estimate of drug-likeness (QED) is 0.695. The minimum absolute atomic E-state index is 0.0439. The van der Waals surface area contributed by atoms with Crippen molar-refractivity contribution in [3.63, 3.8) is 0 Å². The zero-order valence-electron chi connectivity index (χ0n) is 6.74. The molecule has 1 N–H and O–H groups in total. The van der Waals surface area contributed by atoms with E-state index in [0.29, 0.717) is 5.69 Å². The Bertz CT molecular complexity index is 406. The Morgan fingerprint density at radius 1 is 1.58 bits per heavy atom. The summed E-state index contributed by atoms with van der Waals surface area (Å²) in [5.41, 5.74) is 2.33. The first-order valence-electron chi connectivity index (χ1n) is 3.76. The minimum atomic E-state index is -0.0439. The standard InChI is InChI=1S/C9H9NO2/c1-6-4-9-7(2-3-12-9)8(5-11)10-6/h2-4,11H,5H2,1H3. The molecule has 0 aliphatic rings. The smallest absolute Gasteiger partial charge is 0.137 e. The molecule has 0 aromatic carbocycles. The lowest BCUT2D eigenvalue weighted by atomic mass is 10.2. The van der Waals surface area contributed by atoms with Crippen LogP contribution in [0.3, 0.4) is 0 Å². The highest BCUT2D eigenvalue weighted by Gasteiger charge is 2.04. The zero-order chi connectivity index (χ0) is 8.55. The second kappa shape index (κ2) is 2.60. The topological polar surface area (TPSA) is 46.3 Å². The highest BCUT2D eigenvalue weighted by atomic mass is 16.3. The fourth-order valence-electron chi connectivity index (χ4n) is 1.29. The average molecular weight is 163 g/mol. The normalized spacial score (nSPS) is 10.8. The molecule has 0 amide bonds. The molecule has 0 bridgehead atoms. The van der Waals surface area contributed by atoms with Crippen molar-refractivity contribution in [2.24, 2.45) is 0 Å². The van der Waals surface area contributed by atoms with Crippen molar-refractivity contribution >= 4 is 11.0 Å². The monoisotopic (exact) mass is 163 g/mol. The maximum Gasteiger partial charge on any atom is 0.137 e. The molecule has 0 atom stereocenters. The van der Waals surface area contributed by atoms with Gasteiger partial charge in [-0.3, -0.25) is 4.98 Å². The number of aliphatic hydroxyl groups is 1. The van der Waals surface area contributed by atoms with E-state index in [-0.39, 0.29) is 6.61 Å². The molecule has 0 saturated heterocycles. The second-order valence-electron chi connectivity index (χ2n) is 2.70. The molecule has 2 aromatic rings. The van der Waals surface area contributed by atoms with E-state index in [1.807, 2.05) is 19.1 Å². The Labute approximate surface area is 69.7 Å². The van der Waals surface area contributed by atoms with Crippen molar-refractivity contribution in [3.8, 4) is 0 Å². The molecule has 0 aliphatic carbocycles. The Morgan fingerprint density at radius 2 is 2.42 bits per heavy atom. The third-order valence-electron chi connectivity index (χ3n) is 1.81. The molecule has 3 nitrogen and oxygen atoms in total. The van der Waals surface area contributed by atoms with Gasteiger partial charge in [-0.2, -0.15) is 0 Å². The van der Waals surface area contributed by atoms with Crippen LogP contribution in [-0.2, 0) is 6.61 Å². The largest absolute Gasteiger partial charge is 0.464 e. The third-order valence-corrected chi connectivity index (χ3v) is 1.81. The number of hydrogen-bond acceptors (Lipinski definition) is 3. The first-order valence-corrected chi connectivity index (χ1v) is 3.76. The molecule has 0 saturated carbocycles. The van der Waals surface area contributed by atoms with Crippen molar-refractivity contribution in [1.82, 2.24) is 4.98 Å². The number of furan rings is 1. The summed E-state index contributed by atoms with van der Waals surface area (Å²) in [4.78, 5) is 4.18. The first-order chi connectivity index (χ1) is 5.81. The molecule has 2 rings (SSSR count). The lowest BCUT2D eigenvalue weighted by Gasteiger charge is -1.98. The van der Waals surface area contributed by atoms with Gasteiger partial charge in [0.1, 0.15) is 5.58 Å². The predicted octanol–water partition coefficient (Wildman–Crippen LogP) is 1.63. The third kappa shape index (κ3) is 0.987. The molecule has 0 aliphatic heterocycles. The van der Waals surface area contributed by atoms with Crippen molar-refractivity contribution in [2.75, 3.05) is 0 Å². The molecule has 62 valence electrons. The molecule has 0 radical (unpaired) electrons. The Kier molecular flexibility index (Phi) is 1.59. The van der Waals surface area contributed by atoms with Crippen LogP contribution in [0, 0.1) is 6.92 Å². The van der Waals surface area contributed by atoms with Gasteiger partial charge in [-0.25, -0.2) is 0 Å². The maximum absolute atomic E-state index is 8.97. The fourth-order valence-corrected chi connectivity index (χ4v) is 1.29. The number of hydrogen-bond donors (Lipinski definition) is 1. The van der Waals surface area contributed by atoms with Gasteiger partial charge in [-0.15, -0.1) is 0 Å². The number of aliphatic hydroxyl groups excluding tert-OH is 1. The van der Waals surface area contributed by atoms with Gasteiger partial charge < -0.3 is 9.52 Å². The Hall–Kier alpha value is -1.35. The van der Waals surface area contributed by atoms with Crippen LogP contribution in [-0.4, -0.2) is 10.1 Å². The van der Waals surface area contributed by atoms with Gasteiger partial charge in [0.25, 0.3) is 0 Å². The van der Waals surface area contributed by atoms with Crippen LogP contribution in [0.2, 0.25) is 0 Å². The molecule has 2 heterocycles. The van der Waals surface area contributed by atoms with Crippen LogP contribution >= 0.6 is 0 Å². The van der Waals surface area contributed by atoms with Gasteiger partial charge in [0.2, 0.25) is 0 Å². The number of rotatable bonds is 1. The summed E-state index contributed by atoms with van der Waals surface area (Å²) in [6, 6.07) is 3.67.